The number of unbranched alkanes of at least 4 members (excludes halogenated alkanes) is 7. The van der Waals surface area contributed by atoms with Gasteiger partial charge >= 0.3 is 5.97 Å². The maximum absolute atomic E-state index is 13.5. The average molecular weight is 537 g/mol. The zero-order valence-corrected chi connectivity index (χ0v) is 24.6. The Morgan fingerprint density at radius 1 is 0.892 bits per heavy atom. The third-order valence-electron chi connectivity index (χ3n) is 8.04. The number of allylic oxidation sites excluding steroid dienone is 1. The van der Waals surface area contributed by atoms with Crippen LogP contribution in [-0.2, 0) is 9.53 Å². The van der Waals surface area contributed by atoms with Crippen LogP contribution in [0.25, 0.3) is 5.57 Å². The molecule has 0 bridgehead atoms. The number of hydrogen-bond donors (Lipinski definition) is 0. The Labute approximate surface area is 233 Å². The molecule has 2 aliphatic rings. The molecule has 0 amide bonds. The molecule has 0 unspecified atom stereocenters. The van der Waals surface area contributed by atoms with E-state index < -0.39 is 0 Å². The lowest BCUT2D eigenvalue weighted by Gasteiger charge is -2.51. The Morgan fingerprint density at radius 3 is 2.16 bits per heavy atom. The van der Waals surface area contributed by atoms with E-state index in [9.17, 15) is 4.79 Å². The predicted octanol–water partition coefficient (Wildman–Crippen LogP) is 9.43. The van der Waals surface area contributed by atoms with Crippen molar-refractivity contribution in [3.8, 4) is 0 Å². The fraction of sp³-hybridized carbons (Fsp3) is 0.545. The molecular formula is C33H44O2S2. The summed E-state index contributed by atoms with van der Waals surface area (Å²) in [5.74, 6) is 2.08. The van der Waals surface area contributed by atoms with E-state index in [-0.39, 0.29) is 21.9 Å². The van der Waals surface area contributed by atoms with E-state index in [2.05, 4.69) is 92.0 Å². The van der Waals surface area contributed by atoms with Gasteiger partial charge in [-0.1, -0.05) is 113 Å². The van der Waals surface area contributed by atoms with Gasteiger partial charge < -0.3 is 4.74 Å². The number of thioether (sulfide) groups is 2. The molecule has 1 aliphatic heterocycles. The minimum atomic E-state index is -0.214. The molecule has 1 saturated heterocycles. The van der Waals surface area contributed by atoms with Gasteiger partial charge in [-0.05, 0) is 59.1 Å². The van der Waals surface area contributed by atoms with Crippen LogP contribution in [0.15, 0.2) is 60.2 Å². The number of benzene rings is 2. The summed E-state index contributed by atoms with van der Waals surface area (Å²) in [7, 11) is 1.56. The highest BCUT2D eigenvalue weighted by Crippen LogP contribution is 2.65. The molecule has 4 heteroatoms. The van der Waals surface area contributed by atoms with Gasteiger partial charge in [-0.25, -0.2) is 0 Å². The number of aryl methyl sites for hydroxylation is 1. The molecule has 1 heterocycles. The molecule has 2 aromatic rings. The highest BCUT2D eigenvalue weighted by Gasteiger charge is 2.55. The number of hydrogen-bond acceptors (Lipinski definition) is 4. The van der Waals surface area contributed by atoms with Gasteiger partial charge in [0.05, 0.1) is 17.1 Å². The fourth-order valence-corrected chi connectivity index (χ4v) is 9.73. The largest absolute Gasteiger partial charge is 0.469 e. The van der Waals surface area contributed by atoms with E-state index >= 15 is 0 Å². The Bertz CT molecular complexity index is 1040. The minimum Gasteiger partial charge on any atom is -0.469 e. The molecule has 0 radical (unpaired) electrons. The second kappa shape index (κ2) is 13.9. The Balaban J connectivity index is 1.69. The Hall–Kier alpha value is -1.65. The van der Waals surface area contributed by atoms with Crippen molar-refractivity contribution in [3.63, 3.8) is 0 Å². The molecule has 0 spiro atoms. The van der Waals surface area contributed by atoms with Crippen molar-refractivity contribution in [2.24, 2.45) is 5.92 Å². The number of carbonyl (C=O) groups is 1. The van der Waals surface area contributed by atoms with Crippen LogP contribution in [0, 0.1) is 12.8 Å². The summed E-state index contributed by atoms with van der Waals surface area (Å²) in [5, 5.41) is 0. The minimum absolute atomic E-state index is 0.0380. The predicted molar refractivity (Wildman–Crippen MR) is 162 cm³/mol. The maximum atomic E-state index is 13.5. The summed E-state index contributed by atoms with van der Waals surface area (Å²) in [6, 6.07) is 19.4. The lowest BCUT2D eigenvalue weighted by Crippen LogP contribution is -2.45. The molecule has 4 rings (SSSR count). The molecule has 0 N–H and O–H groups in total. The molecule has 1 fully saturated rings. The van der Waals surface area contributed by atoms with Gasteiger partial charge in [-0.15, -0.1) is 23.5 Å². The molecule has 2 atom stereocenters. The normalized spacial score (nSPS) is 20.9. The first-order valence-corrected chi connectivity index (χ1v) is 16.3. The van der Waals surface area contributed by atoms with Crippen LogP contribution in [-0.4, -0.2) is 28.7 Å². The van der Waals surface area contributed by atoms with Crippen LogP contribution < -0.4 is 0 Å². The summed E-state index contributed by atoms with van der Waals surface area (Å²) in [6.07, 6.45) is 13.0. The second-order valence-corrected chi connectivity index (χ2v) is 13.6. The summed E-state index contributed by atoms with van der Waals surface area (Å²) < 4.78 is 5.46. The molecule has 200 valence electrons. The van der Waals surface area contributed by atoms with Gasteiger partial charge in [-0.3, -0.25) is 4.79 Å². The van der Waals surface area contributed by atoms with E-state index in [1.807, 2.05) is 0 Å². The first-order valence-electron chi connectivity index (χ1n) is 14.3. The molecule has 37 heavy (non-hydrogen) atoms. The number of ether oxygens (including phenoxy) is 1. The zero-order valence-electron chi connectivity index (χ0n) is 23.0. The third kappa shape index (κ3) is 6.50. The van der Waals surface area contributed by atoms with Crippen molar-refractivity contribution in [2.75, 3.05) is 18.6 Å². The van der Waals surface area contributed by atoms with Crippen LogP contribution in [0.4, 0.5) is 0 Å². The third-order valence-corrected chi connectivity index (χ3v) is 11.5. The summed E-state index contributed by atoms with van der Waals surface area (Å²) >= 11 is 4.20. The molecule has 1 aliphatic carbocycles. The summed E-state index contributed by atoms with van der Waals surface area (Å²) in [4.78, 5) is 13.5. The van der Waals surface area contributed by atoms with Crippen LogP contribution in [0.1, 0.15) is 93.7 Å². The maximum Gasteiger partial charge on any atom is 0.313 e. The number of carbonyl (C=O) groups excluding carboxylic acids is 1. The number of esters is 1. The standard InChI is InChI=1S/C33H44O2S2/c1-4-5-6-7-8-9-10-16-22-33(36-23-17-24-37-33)31-28(26-19-12-11-13-20-26)29(30(31)32(34)35-3)27-21-15-14-18-25(27)2/h11-15,18-21,29-30H,4-10,16-17,22-24H2,1-3H3/t29-,30+/m1/s1. The molecular weight excluding hydrogens is 492 g/mol. The molecule has 0 saturated carbocycles. The van der Waals surface area contributed by atoms with Crippen molar-refractivity contribution in [3.05, 3.63) is 76.9 Å². The number of rotatable bonds is 13. The van der Waals surface area contributed by atoms with E-state index in [1.165, 1.54) is 97.1 Å². The Morgan fingerprint density at radius 2 is 1.51 bits per heavy atom. The van der Waals surface area contributed by atoms with Gasteiger partial charge in [0.25, 0.3) is 0 Å². The lowest BCUT2D eigenvalue weighted by atomic mass is 9.60. The van der Waals surface area contributed by atoms with Crippen LogP contribution in [0.2, 0.25) is 0 Å². The first-order chi connectivity index (χ1) is 18.1. The van der Waals surface area contributed by atoms with Crippen molar-refractivity contribution in [1.29, 1.82) is 0 Å². The molecule has 0 aromatic heterocycles. The van der Waals surface area contributed by atoms with Gasteiger partial charge in [0, 0.05) is 5.92 Å². The monoisotopic (exact) mass is 536 g/mol. The smallest absolute Gasteiger partial charge is 0.313 e. The molecule has 2 aromatic carbocycles. The SMILES string of the molecule is CCCCCCCCCCC1(C2=C(c3ccccc3)[C@@H](c3ccccc3C)[C@@H]2C(=O)OC)SCCCS1. The quantitative estimate of drug-likeness (QED) is 0.188. The van der Waals surface area contributed by atoms with Crippen LogP contribution >= 0.6 is 23.5 Å². The van der Waals surface area contributed by atoms with E-state index in [1.54, 1.807) is 7.11 Å². The van der Waals surface area contributed by atoms with Crippen molar-refractivity contribution < 1.29 is 9.53 Å². The number of methoxy groups -OCH3 is 1. The zero-order chi connectivity index (χ0) is 26.1. The second-order valence-electron chi connectivity index (χ2n) is 10.6. The highest BCUT2D eigenvalue weighted by atomic mass is 32.2. The average Bonchev–Trinajstić information content (AvgIpc) is 2.92. The van der Waals surface area contributed by atoms with Gasteiger partial charge in [0.15, 0.2) is 0 Å². The van der Waals surface area contributed by atoms with Crippen molar-refractivity contribution in [2.45, 2.75) is 88.1 Å². The summed E-state index contributed by atoms with van der Waals surface area (Å²) in [6.45, 7) is 4.45. The topological polar surface area (TPSA) is 26.3 Å². The van der Waals surface area contributed by atoms with Gasteiger partial charge in [-0.2, -0.15) is 0 Å². The van der Waals surface area contributed by atoms with E-state index in [4.69, 9.17) is 4.74 Å². The van der Waals surface area contributed by atoms with Crippen LogP contribution in [0.3, 0.4) is 0 Å². The lowest BCUT2D eigenvalue weighted by molar-refractivity contribution is -0.145. The van der Waals surface area contributed by atoms with Gasteiger partial charge in [0.1, 0.15) is 0 Å². The van der Waals surface area contributed by atoms with Crippen molar-refractivity contribution >= 4 is 35.1 Å². The van der Waals surface area contributed by atoms with E-state index in [0.717, 1.165) is 6.42 Å². The highest BCUT2D eigenvalue weighted by molar-refractivity contribution is 8.19. The van der Waals surface area contributed by atoms with E-state index in [0.29, 0.717) is 0 Å². The van der Waals surface area contributed by atoms with Crippen molar-refractivity contribution in [1.82, 2.24) is 0 Å². The fourth-order valence-electron chi connectivity index (χ4n) is 6.12. The van der Waals surface area contributed by atoms with Crippen LogP contribution in [0.5, 0.6) is 0 Å². The first kappa shape index (κ1) is 28.4. The van der Waals surface area contributed by atoms with Gasteiger partial charge in [0.2, 0.25) is 0 Å². The Kier molecular flexibility index (Phi) is 10.7. The molecule has 2 nitrogen and oxygen atoms in total. The summed E-state index contributed by atoms with van der Waals surface area (Å²) in [5.41, 5.74) is 6.47.